The van der Waals surface area contributed by atoms with Gasteiger partial charge in [-0.15, -0.1) is 12.4 Å². The molecule has 1 N–H and O–H groups in total. The molecule has 1 saturated heterocycles. The summed E-state index contributed by atoms with van der Waals surface area (Å²) in [6.45, 7) is 6.80. The smallest absolute Gasteiger partial charge is 0.216 e. The van der Waals surface area contributed by atoms with Crippen LogP contribution in [0, 0.1) is 0 Å². The highest BCUT2D eigenvalue weighted by Crippen LogP contribution is 2.14. The fourth-order valence-corrected chi connectivity index (χ4v) is 1.70. The number of nitrogens with one attached hydrogen (secondary N) is 1. The van der Waals surface area contributed by atoms with Crippen molar-refractivity contribution >= 4 is 18.3 Å². The molecule has 0 aromatic carbocycles. The summed E-state index contributed by atoms with van der Waals surface area (Å²) >= 11 is 0. The zero-order valence-electron chi connectivity index (χ0n) is 8.38. The number of carbonyl (C=O) groups is 1. The fraction of sp³-hybridized carbons (Fsp3) is 0.889. The number of hydrogen-bond acceptors (Lipinski definition) is 2. The molecule has 13 heavy (non-hydrogen) atoms. The van der Waals surface area contributed by atoms with Crippen molar-refractivity contribution in [2.75, 3.05) is 19.6 Å². The Morgan fingerprint density at radius 2 is 2.31 bits per heavy atom. The molecule has 0 bridgehead atoms. The number of carbonyl (C=O) groups excluding carboxylic acids is 1. The molecule has 1 heterocycles. The highest BCUT2D eigenvalue weighted by molar-refractivity contribution is 5.85. The van der Waals surface area contributed by atoms with Crippen LogP contribution in [0.4, 0.5) is 0 Å². The maximum absolute atomic E-state index is 10.6. The Labute approximate surface area is 86.3 Å². The van der Waals surface area contributed by atoms with Gasteiger partial charge in [-0.25, -0.2) is 0 Å². The maximum atomic E-state index is 10.6. The molecule has 1 amide bonds. The molecule has 1 aliphatic heterocycles. The van der Waals surface area contributed by atoms with E-state index in [4.69, 9.17) is 0 Å². The summed E-state index contributed by atoms with van der Waals surface area (Å²) in [5, 5.41) is 2.81. The molecule has 78 valence electrons. The van der Waals surface area contributed by atoms with E-state index in [2.05, 4.69) is 17.1 Å². The van der Waals surface area contributed by atoms with Crippen molar-refractivity contribution in [3.63, 3.8) is 0 Å². The first-order valence-corrected chi connectivity index (χ1v) is 4.68. The lowest BCUT2D eigenvalue weighted by atomic mass is 10.2. The largest absolute Gasteiger partial charge is 0.355 e. The van der Waals surface area contributed by atoms with Gasteiger partial charge in [0.2, 0.25) is 5.91 Å². The third-order valence-corrected chi connectivity index (χ3v) is 2.46. The number of hydrogen-bond donors (Lipinski definition) is 1. The van der Waals surface area contributed by atoms with Gasteiger partial charge in [-0.1, -0.05) is 0 Å². The van der Waals surface area contributed by atoms with Crippen LogP contribution in [0.15, 0.2) is 0 Å². The molecule has 1 atom stereocenters. The molecule has 3 nitrogen and oxygen atoms in total. The minimum atomic E-state index is 0. The van der Waals surface area contributed by atoms with Crippen molar-refractivity contribution in [2.45, 2.75) is 32.7 Å². The highest BCUT2D eigenvalue weighted by Gasteiger charge is 2.18. The highest BCUT2D eigenvalue weighted by atomic mass is 35.5. The van der Waals surface area contributed by atoms with Crippen LogP contribution in [0.2, 0.25) is 0 Å². The van der Waals surface area contributed by atoms with Gasteiger partial charge in [0.25, 0.3) is 0 Å². The van der Waals surface area contributed by atoms with Crippen LogP contribution >= 0.6 is 12.4 Å². The van der Waals surface area contributed by atoms with Gasteiger partial charge < -0.3 is 5.32 Å². The van der Waals surface area contributed by atoms with Crippen LogP contribution in [-0.4, -0.2) is 36.5 Å². The second-order valence-electron chi connectivity index (χ2n) is 3.51. The quantitative estimate of drug-likeness (QED) is 0.748. The molecule has 1 fully saturated rings. The van der Waals surface area contributed by atoms with E-state index in [1.54, 1.807) is 6.92 Å². The predicted octanol–water partition coefficient (Wildman–Crippen LogP) is 1.03. The molecule has 0 spiro atoms. The Morgan fingerprint density at radius 1 is 1.62 bits per heavy atom. The molecule has 1 unspecified atom stereocenters. The summed E-state index contributed by atoms with van der Waals surface area (Å²) in [7, 11) is 0. The number of amides is 1. The number of halogens is 1. The van der Waals surface area contributed by atoms with Gasteiger partial charge in [0.1, 0.15) is 0 Å². The molecule has 0 aromatic heterocycles. The van der Waals surface area contributed by atoms with Crippen molar-refractivity contribution in [1.82, 2.24) is 10.2 Å². The van der Waals surface area contributed by atoms with Crippen LogP contribution in [0.1, 0.15) is 26.7 Å². The Morgan fingerprint density at radius 3 is 2.77 bits per heavy atom. The Balaban J connectivity index is 0.00000144. The number of nitrogens with zero attached hydrogens (tertiary/aromatic N) is 1. The summed E-state index contributed by atoms with van der Waals surface area (Å²) < 4.78 is 0. The third kappa shape index (κ3) is 4.48. The van der Waals surface area contributed by atoms with Crippen molar-refractivity contribution < 1.29 is 4.79 Å². The monoisotopic (exact) mass is 206 g/mol. The van der Waals surface area contributed by atoms with Crippen LogP contribution in [0.3, 0.4) is 0 Å². The molecule has 0 radical (unpaired) electrons. The van der Waals surface area contributed by atoms with Crippen LogP contribution in [-0.2, 0) is 4.79 Å². The van der Waals surface area contributed by atoms with Crippen molar-refractivity contribution in [3.05, 3.63) is 0 Å². The summed E-state index contributed by atoms with van der Waals surface area (Å²) in [6.07, 6.45) is 2.61. The van der Waals surface area contributed by atoms with E-state index >= 15 is 0 Å². The lowest BCUT2D eigenvalue weighted by Gasteiger charge is -2.20. The fourth-order valence-electron chi connectivity index (χ4n) is 1.70. The van der Waals surface area contributed by atoms with Gasteiger partial charge in [-0.05, 0) is 26.3 Å². The average molecular weight is 207 g/mol. The molecular weight excluding hydrogens is 188 g/mol. The normalized spacial score (nSPS) is 22.5. The van der Waals surface area contributed by atoms with Gasteiger partial charge in [-0.2, -0.15) is 0 Å². The molecule has 1 aliphatic rings. The summed E-state index contributed by atoms with van der Waals surface area (Å²) in [5.74, 6) is 0.0712. The Hall–Kier alpha value is -0.280. The zero-order chi connectivity index (χ0) is 8.97. The van der Waals surface area contributed by atoms with Crippen molar-refractivity contribution in [2.24, 2.45) is 0 Å². The minimum Gasteiger partial charge on any atom is -0.355 e. The topological polar surface area (TPSA) is 32.3 Å². The van der Waals surface area contributed by atoms with E-state index in [9.17, 15) is 4.79 Å². The van der Waals surface area contributed by atoms with Crippen LogP contribution in [0.5, 0.6) is 0 Å². The van der Waals surface area contributed by atoms with Gasteiger partial charge in [0.15, 0.2) is 0 Å². The lowest BCUT2D eigenvalue weighted by molar-refractivity contribution is -0.119. The van der Waals surface area contributed by atoms with E-state index in [1.165, 1.54) is 19.4 Å². The molecule has 0 saturated carbocycles. The van der Waals surface area contributed by atoms with E-state index in [0.717, 1.165) is 13.1 Å². The van der Waals surface area contributed by atoms with Crippen LogP contribution in [0.25, 0.3) is 0 Å². The molecule has 0 aromatic rings. The first-order chi connectivity index (χ1) is 5.70. The van der Waals surface area contributed by atoms with Crippen molar-refractivity contribution in [1.29, 1.82) is 0 Å². The minimum absolute atomic E-state index is 0. The molecular formula is C9H19ClN2O. The average Bonchev–Trinajstić information content (AvgIpc) is 2.36. The Bertz CT molecular complexity index is 164. The standard InChI is InChI=1S/C9H18N2O.ClH/c1-8-4-3-6-11(8)7-5-10-9(2)12;/h8H,3-7H2,1-2H3,(H,10,12);1H. The third-order valence-electron chi connectivity index (χ3n) is 2.46. The molecule has 0 aliphatic carbocycles. The van der Waals surface area contributed by atoms with E-state index in [-0.39, 0.29) is 18.3 Å². The zero-order valence-corrected chi connectivity index (χ0v) is 9.19. The molecule has 4 heteroatoms. The SMILES string of the molecule is CC(=O)NCCN1CCCC1C.Cl. The van der Waals surface area contributed by atoms with Gasteiger partial charge in [0.05, 0.1) is 0 Å². The van der Waals surface area contributed by atoms with Crippen LogP contribution < -0.4 is 5.32 Å². The van der Waals surface area contributed by atoms with Gasteiger partial charge in [0, 0.05) is 26.1 Å². The van der Waals surface area contributed by atoms with Gasteiger partial charge in [-0.3, -0.25) is 9.69 Å². The lowest BCUT2D eigenvalue weighted by Crippen LogP contribution is -2.35. The van der Waals surface area contributed by atoms with E-state index in [1.807, 2.05) is 0 Å². The predicted molar refractivity (Wildman–Crippen MR) is 56.2 cm³/mol. The first-order valence-electron chi connectivity index (χ1n) is 4.68. The van der Waals surface area contributed by atoms with E-state index < -0.39 is 0 Å². The summed E-state index contributed by atoms with van der Waals surface area (Å²) in [4.78, 5) is 13.0. The second-order valence-corrected chi connectivity index (χ2v) is 3.51. The first kappa shape index (κ1) is 12.7. The Kier molecular flexibility index (Phi) is 6.08. The number of likely N-dealkylation sites (tertiary alicyclic amines) is 1. The van der Waals surface area contributed by atoms with Crippen molar-refractivity contribution in [3.8, 4) is 0 Å². The maximum Gasteiger partial charge on any atom is 0.216 e. The summed E-state index contributed by atoms with van der Waals surface area (Å²) in [5.41, 5.74) is 0. The summed E-state index contributed by atoms with van der Waals surface area (Å²) in [6, 6.07) is 0.707. The van der Waals surface area contributed by atoms with Gasteiger partial charge >= 0.3 is 0 Å². The molecule has 1 rings (SSSR count). The van der Waals surface area contributed by atoms with E-state index in [0.29, 0.717) is 6.04 Å². The number of rotatable bonds is 3. The second kappa shape index (κ2) is 6.22.